The van der Waals surface area contributed by atoms with Crippen LogP contribution in [0.4, 0.5) is 0 Å². The third kappa shape index (κ3) is 2.11. The van der Waals surface area contributed by atoms with Crippen molar-refractivity contribution in [2.75, 3.05) is 21.3 Å². The molecule has 0 N–H and O–H groups in total. The maximum Gasteiger partial charge on any atom is 0.325 e. The quantitative estimate of drug-likeness (QED) is 0.776. The Bertz CT molecular complexity index is 574. The molecule has 5 heteroatoms. The number of nitrogens with zero attached hydrogens (tertiary/aromatic N) is 1. The number of carbonyl (C=O) groups excluding carboxylic acids is 1. The molecule has 0 aliphatic heterocycles. The lowest BCUT2D eigenvalue weighted by Gasteiger charge is -2.08. The van der Waals surface area contributed by atoms with E-state index in [4.69, 9.17) is 9.47 Å². The van der Waals surface area contributed by atoms with Crippen molar-refractivity contribution < 1.29 is 19.0 Å². The van der Waals surface area contributed by atoms with Crippen LogP contribution in [0.25, 0.3) is 10.9 Å². The van der Waals surface area contributed by atoms with Crippen LogP contribution in [0.15, 0.2) is 24.4 Å². The first-order valence-electron chi connectivity index (χ1n) is 5.47. The molecular weight excluding hydrogens is 234 g/mol. The van der Waals surface area contributed by atoms with Gasteiger partial charge in [0.05, 0.1) is 26.8 Å². The molecule has 5 nitrogen and oxygen atoms in total. The van der Waals surface area contributed by atoms with E-state index in [2.05, 4.69) is 4.74 Å². The van der Waals surface area contributed by atoms with Crippen LogP contribution in [0.5, 0.6) is 11.5 Å². The van der Waals surface area contributed by atoms with Crippen LogP contribution in [-0.2, 0) is 16.1 Å². The highest BCUT2D eigenvalue weighted by Gasteiger charge is 2.11. The first-order valence-corrected chi connectivity index (χ1v) is 5.47. The Hall–Kier alpha value is -2.17. The zero-order chi connectivity index (χ0) is 13.1. The van der Waals surface area contributed by atoms with Gasteiger partial charge in [0, 0.05) is 23.7 Å². The molecule has 0 aliphatic rings. The van der Waals surface area contributed by atoms with Crippen LogP contribution < -0.4 is 9.47 Å². The Balaban J connectivity index is 2.53. The second-order valence-corrected chi connectivity index (χ2v) is 3.78. The fraction of sp³-hybridized carbons (Fsp3) is 0.308. The minimum absolute atomic E-state index is 0.163. The number of carbonyl (C=O) groups is 1. The van der Waals surface area contributed by atoms with Gasteiger partial charge in [-0.25, -0.2) is 0 Å². The molecule has 0 saturated carbocycles. The second-order valence-electron chi connectivity index (χ2n) is 3.78. The Labute approximate surface area is 105 Å². The van der Waals surface area contributed by atoms with Gasteiger partial charge in [-0.3, -0.25) is 4.79 Å². The van der Waals surface area contributed by atoms with Crippen LogP contribution in [0.3, 0.4) is 0 Å². The number of rotatable bonds is 4. The summed E-state index contributed by atoms with van der Waals surface area (Å²) >= 11 is 0. The lowest BCUT2D eigenvalue weighted by molar-refractivity contribution is -0.141. The second kappa shape index (κ2) is 5.00. The minimum Gasteiger partial charge on any atom is -0.497 e. The van der Waals surface area contributed by atoms with E-state index >= 15 is 0 Å². The number of aromatic nitrogens is 1. The summed E-state index contributed by atoms with van der Waals surface area (Å²) in [7, 11) is 4.56. The molecule has 0 fully saturated rings. The van der Waals surface area contributed by atoms with Crippen LogP contribution in [0.1, 0.15) is 0 Å². The van der Waals surface area contributed by atoms with E-state index < -0.39 is 0 Å². The van der Waals surface area contributed by atoms with E-state index in [0.29, 0.717) is 11.5 Å². The number of benzene rings is 1. The van der Waals surface area contributed by atoms with Gasteiger partial charge in [-0.05, 0) is 6.07 Å². The lowest BCUT2D eigenvalue weighted by atomic mass is 10.2. The molecule has 1 heterocycles. The molecule has 0 aliphatic carbocycles. The summed E-state index contributed by atoms with van der Waals surface area (Å²) < 4.78 is 17.0. The summed E-state index contributed by atoms with van der Waals surface area (Å²) in [6.45, 7) is 0.163. The predicted octanol–water partition coefficient (Wildman–Crippen LogP) is 1.83. The van der Waals surface area contributed by atoms with Gasteiger partial charge < -0.3 is 18.8 Å². The van der Waals surface area contributed by atoms with Gasteiger partial charge in [0.15, 0.2) is 0 Å². The van der Waals surface area contributed by atoms with Crippen LogP contribution in [0, 0.1) is 0 Å². The number of esters is 1. The average molecular weight is 249 g/mol. The molecule has 0 bridgehead atoms. The van der Waals surface area contributed by atoms with E-state index in [1.54, 1.807) is 18.8 Å². The highest BCUT2D eigenvalue weighted by molar-refractivity contribution is 5.89. The predicted molar refractivity (Wildman–Crippen MR) is 67.1 cm³/mol. The zero-order valence-corrected chi connectivity index (χ0v) is 10.6. The minimum atomic E-state index is -0.297. The van der Waals surface area contributed by atoms with E-state index in [1.165, 1.54) is 7.11 Å². The smallest absolute Gasteiger partial charge is 0.325 e. The fourth-order valence-corrected chi connectivity index (χ4v) is 1.87. The number of ether oxygens (including phenoxy) is 3. The zero-order valence-electron chi connectivity index (χ0n) is 10.6. The Kier molecular flexibility index (Phi) is 3.41. The first-order chi connectivity index (χ1) is 8.69. The topological polar surface area (TPSA) is 49.7 Å². The summed E-state index contributed by atoms with van der Waals surface area (Å²) in [6.07, 6.45) is 1.82. The molecule has 0 amide bonds. The Morgan fingerprint density at radius 1 is 1.22 bits per heavy atom. The van der Waals surface area contributed by atoms with Crippen LogP contribution in [0.2, 0.25) is 0 Å². The van der Waals surface area contributed by atoms with Crippen molar-refractivity contribution in [3.8, 4) is 11.5 Å². The molecule has 0 radical (unpaired) electrons. The van der Waals surface area contributed by atoms with Gasteiger partial charge in [-0.1, -0.05) is 0 Å². The summed E-state index contributed by atoms with van der Waals surface area (Å²) in [6, 6.07) is 5.57. The highest BCUT2D eigenvalue weighted by Crippen LogP contribution is 2.31. The molecule has 1 aromatic heterocycles. The normalized spacial score (nSPS) is 10.4. The van der Waals surface area contributed by atoms with E-state index in [0.717, 1.165) is 10.9 Å². The van der Waals surface area contributed by atoms with Crippen molar-refractivity contribution >= 4 is 16.9 Å². The third-order valence-electron chi connectivity index (χ3n) is 2.81. The molecule has 0 spiro atoms. The van der Waals surface area contributed by atoms with E-state index in [9.17, 15) is 4.79 Å². The summed E-state index contributed by atoms with van der Waals surface area (Å²) in [5, 5.41) is 0.933. The monoisotopic (exact) mass is 249 g/mol. The standard InChI is InChI=1S/C13H15NO4/c1-16-9-6-11-10(12(7-9)17-2)4-5-14(11)8-13(15)18-3/h4-7H,8H2,1-3H3. The van der Waals surface area contributed by atoms with E-state index in [1.807, 2.05) is 24.4 Å². The number of hydrogen-bond acceptors (Lipinski definition) is 4. The lowest BCUT2D eigenvalue weighted by Crippen LogP contribution is -2.10. The maximum absolute atomic E-state index is 11.3. The average Bonchev–Trinajstić information content (AvgIpc) is 2.80. The van der Waals surface area contributed by atoms with E-state index in [-0.39, 0.29) is 12.5 Å². The molecule has 18 heavy (non-hydrogen) atoms. The number of hydrogen-bond donors (Lipinski definition) is 0. The molecule has 1 aromatic carbocycles. The maximum atomic E-state index is 11.3. The number of fused-ring (bicyclic) bond motifs is 1. The molecule has 0 saturated heterocycles. The van der Waals surface area contributed by atoms with Crippen molar-refractivity contribution in [2.24, 2.45) is 0 Å². The van der Waals surface area contributed by atoms with Gasteiger partial charge in [-0.15, -0.1) is 0 Å². The fourth-order valence-electron chi connectivity index (χ4n) is 1.87. The number of methoxy groups -OCH3 is 3. The third-order valence-corrected chi connectivity index (χ3v) is 2.81. The molecule has 2 rings (SSSR count). The Morgan fingerprint density at radius 2 is 2.00 bits per heavy atom. The van der Waals surface area contributed by atoms with Gasteiger partial charge in [0.2, 0.25) is 0 Å². The molecule has 2 aromatic rings. The van der Waals surface area contributed by atoms with Gasteiger partial charge in [0.1, 0.15) is 18.0 Å². The largest absolute Gasteiger partial charge is 0.497 e. The first kappa shape index (κ1) is 12.3. The van der Waals surface area contributed by atoms with Gasteiger partial charge in [0.25, 0.3) is 0 Å². The molecule has 0 atom stereocenters. The van der Waals surface area contributed by atoms with Gasteiger partial charge in [-0.2, -0.15) is 0 Å². The van der Waals surface area contributed by atoms with Gasteiger partial charge >= 0.3 is 5.97 Å². The molecular formula is C13H15NO4. The summed E-state index contributed by atoms with van der Waals surface area (Å²) in [5.41, 5.74) is 0.872. The molecule has 96 valence electrons. The summed E-state index contributed by atoms with van der Waals surface area (Å²) in [5.74, 6) is 1.10. The highest BCUT2D eigenvalue weighted by atomic mass is 16.5. The van der Waals surface area contributed by atoms with Crippen molar-refractivity contribution in [3.63, 3.8) is 0 Å². The van der Waals surface area contributed by atoms with Crippen LogP contribution >= 0.6 is 0 Å². The SMILES string of the molecule is COC(=O)Cn1ccc2c(OC)cc(OC)cc21. The Morgan fingerprint density at radius 3 is 2.61 bits per heavy atom. The van der Waals surface area contributed by atoms with Crippen molar-refractivity contribution in [1.29, 1.82) is 0 Å². The summed E-state index contributed by atoms with van der Waals surface area (Å²) in [4.78, 5) is 11.3. The van der Waals surface area contributed by atoms with Crippen LogP contribution in [-0.4, -0.2) is 31.9 Å². The van der Waals surface area contributed by atoms with Crippen molar-refractivity contribution in [3.05, 3.63) is 24.4 Å². The van der Waals surface area contributed by atoms with Crippen molar-refractivity contribution in [2.45, 2.75) is 6.54 Å². The molecule has 0 unspecified atom stereocenters. The van der Waals surface area contributed by atoms with Crippen molar-refractivity contribution in [1.82, 2.24) is 4.57 Å².